The Hall–Kier alpha value is -4.45. The molecule has 0 bridgehead atoms. The van der Waals surface area contributed by atoms with E-state index in [2.05, 4.69) is 20.3 Å². The molecule has 162 valence electrons. The van der Waals surface area contributed by atoms with Crippen LogP contribution in [0.3, 0.4) is 0 Å². The molecular weight excluding hydrogens is 412 g/mol. The number of hydrogen-bond donors (Lipinski definition) is 2. The van der Waals surface area contributed by atoms with E-state index >= 15 is 0 Å². The molecule has 5 aromatic rings. The fourth-order valence-electron chi connectivity index (χ4n) is 3.79. The molecule has 0 radical (unpaired) electrons. The molecule has 3 aromatic carbocycles. The number of rotatable bonds is 6. The first-order valence-electron chi connectivity index (χ1n) is 10.6. The molecule has 5 rings (SSSR count). The molecule has 0 spiro atoms. The summed E-state index contributed by atoms with van der Waals surface area (Å²) in [4.78, 5) is 13.2. The quantitative estimate of drug-likeness (QED) is 0.340. The maximum Gasteiger partial charge on any atom is 0.142 e. The summed E-state index contributed by atoms with van der Waals surface area (Å²) < 4.78 is 5.94. The van der Waals surface area contributed by atoms with E-state index < -0.39 is 0 Å². The normalized spacial score (nSPS) is 10.8. The van der Waals surface area contributed by atoms with Gasteiger partial charge in [-0.25, -0.2) is 9.97 Å². The average molecular weight is 434 g/mol. The van der Waals surface area contributed by atoms with Gasteiger partial charge in [0.1, 0.15) is 30.3 Å². The minimum atomic E-state index is 0.213. The zero-order chi connectivity index (χ0) is 22.6. The summed E-state index contributed by atoms with van der Waals surface area (Å²) in [5.41, 5.74) is 5.14. The monoisotopic (exact) mass is 434 g/mol. The number of phenols is 1. The fourth-order valence-corrected chi connectivity index (χ4v) is 3.79. The number of ether oxygens (including phenoxy) is 1. The number of aryl methyl sites for hydroxylation is 1. The number of pyridine rings is 1. The van der Waals surface area contributed by atoms with E-state index in [4.69, 9.17) is 4.74 Å². The van der Waals surface area contributed by atoms with Crippen molar-refractivity contribution in [3.63, 3.8) is 0 Å². The lowest BCUT2D eigenvalue weighted by Gasteiger charge is -2.14. The van der Waals surface area contributed by atoms with Crippen LogP contribution < -0.4 is 10.1 Å². The Bertz CT molecular complexity index is 1420. The van der Waals surface area contributed by atoms with Crippen LogP contribution in [0.25, 0.3) is 22.0 Å². The summed E-state index contributed by atoms with van der Waals surface area (Å²) >= 11 is 0. The van der Waals surface area contributed by atoms with Crippen molar-refractivity contribution in [1.29, 1.82) is 0 Å². The smallest absolute Gasteiger partial charge is 0.142 e. The Labute approximate surface area is 191 Å². The van der Waals surface area contributed by atoms with Gasteiger partial charge in [0.25, 0.3) is 0 Å². The summed E-state index contributed by atoms with van der Waals surface area (Å²) in [6, 6.07) is 24.8. The van der Waals surface area contributed by atoms with Gasteiger partial charge in [-0.2, -0.15) is 0 Å². The molecule has 33 heavy (non-hydrogen) atoms. The van der Waals surface area contributed by atoms with Gasteiger partial charge in [0.15, 0.2) is 0 Å². The van der Waals surface area contributed by atoms with Crippen LogP contribution in [0.4, 0.5) is 11.5 Å². The van der Waals surface area contributed by atoms with E-state index in [0.717, 1.165) is 44.7 Å². The number of anilines is 2. The van der Waals surface area contributed by atoms with E-state index in [0.29, 0.717) is 12.4 Å². The number of nitrogens with zero attached hydrogens (tertiary/aromatic N) is 3. The van der Waals surface area contributed by atoms with Crippen molar-refractivity contribution < 1.29 is 9.84 Å². The summed E-state index contributed by atoms with van der Waals surface area (Å²) in [7, 11) is 0. The molecule has 0 atom stereocenters. The summed E-state index contributed by atoms with van der Waals surface area (Å²) in [6.07, 6.45) is 3.30. The van der Waals surface area contributed by atoms with Gasteiger partial charge in [0.05, 0.1) is 16.6 Å². The van der Waals surface area contributed by atoms with Gasteiger partial charge < -0.3 is 15.2 Å². The first-order valence-corrected chi connectivity index (χ1v) is 10.6. The van der Waals surface area contributed by atoms with Gasteiger partial charge in [0.2, 0.25) is 0 Å². The number of phenolic OH excluding ortho intramolecular Hbond substituents is 1. The molecule has 2 heterocycles. The van der Waals surface area contributed by atoms with Crippen LogP contribution in [-0.4, -0.2) is 20.1 Å². The maximum atomic E-state index is 10.4. The Kier molecular flexibility index (Phi) is 5.55. The van der Waals surface area contributed by atoms with Crippen molar-refractivity contribution in [2.45, 2.75) is 13.5 Å². The topological polar surface area (TPSA) is 80.2 Å². The van der Waals surface area contributed by atoms with E-state index in [-0.39, 0.29) is 5.75 Å². The van der Waals surface area contributed by atoms with Crippen molar-refractivity contribution in [1.82, 2.24) is 15.0 Å². The predicted molar refractivity (Wildman–Crippen MR) is 130 cm³/mol. The van der Waals surface area contributed by atoms with Crippen LogP contribution in [0.1, 0.15) is 11.3 Å². The SMILES string of the molecule is Cc1cc(Nc2ncnc3cccc(-c4ccccc4O)c23)ccc1OCc1ccccn1. The van der Waals surface area contributed by atoms with Gasteiger partial charge in [-0.05, 0) is 60.5 Å². The summed E-state index contributed by atoms with van der Waals surface area (Å²) in [5, 5.41) is 14.7. The molecule has 6 nitrogen and oxygen atoms in total. The minimum Gasteiger partial charge on any atom is -0.507 e. The number of hydrogen-bond acceptors (Lipinski definition) is 6. The largest absolute Gasteiger partial charge is 0.507 e. The van der Waals surface area contributed by atoms with Crippen molar-refractivity contribution >= 4 is 22.4 Å². The lowest BCUT2D eigenvalue weighted by atomic mass is 10.00. The molecule has 0 amide bonds. The van der Waals surface area contributed by atoms with Gasteiger partial charge in [-0.15, -0.1) is 0 Å². The molecule has 0 unspecified atom stereocenters. The van der Waals surface area contributed by atoms with Crippen molar-refractivity contribution in [2.75, 3.05) is 5.32 Å². The zero-order valence-corrected chi connectivity index (χ0v) is 18.1. The lowest BCUT2D eigenvalue weighted by molar-refractivity contribution is 0.299. The van der Waals surface area contributed by atoms with Gasteiger partial charge in [-0.3, -0.25) is 4.98 Å². The summed E-state index contributed by atoms with van der Waals surface area (Å²) in [5.74, 6) is 1.68. The molecule has 0 aliphatic heterocycles. The summed E-state index contributed by atoms with van der Waals surface area (Å²) in [6.45, 7) is 2.42. The van der Waals surface area contributed by atoms with Crippen molar-refractivity contribution in [3.05, 3.63) is 103 Å². The molecule has 6 heteroatoms. The Balaban J connectivity index is 1.46. The van der Waals surface area contributed by atoms with Crippen molar-refractivity contribution in [3.8, 4) is 22.6 Å². The highest BCUT2D eigenvalue weighted by molar-refractivity contribution is 6.03. The Morgan fingerprint density at radius 3 is 2.52 bits per heavy atom. The molecule has 2 aromatic heterocycles. The van der Waals surface area contributed by atoms with Crippen LogP contribution >= 0.6 is 0 Å². The molecule has 2 N–H and O–H groups in total. The van der Waals surface area contributed by atoms with Gasteiger partial charge in [-0.1, -0.05) is 36.4 Å². The van der Waals surface area contributed by atoms with Crippen LogP contribution in [0, 0.1) is 6.92 Å². The third kappa shape index (κ3) is 4.32. The Morgan fingerprint density at radius 2 is 1.70 bits per heavy atom. The fraction of sp³-hybridized carbons (Fsp3) is 0.0741. The van der Waals surface area contributed by atoms with Crippen LogP contribution in [0.2, 0.25) is 0 Å². The number of fused-ring (bicyclic) bond motifs is 1. The minimum absolute atomic E-state index is 0.213. The predicted octanol–water partition coefficient (Wildman–Crippen LogP) is 6.03. The molecule has 0 saturated heterocycles. The third-order valence-corrected chi connectivity index (χ3v) is 5.40. The van der Waals surface area contributed by atoms with Gasteiger partial charge in [0, 0.05) is 17.4 Å². The van der Waals surface area contributed by atoms with E-state index in [1.165, 1.54) is 6.33 Å². The standard InChI is InChI=1S/C27H22N4O2/c1-18-15-19(12-13-25(18)33-16-20-7-4-5-14-28-20)31-27-26-22(21-8-2-3-11-24(21)32)9-6-10-23(26)29-17-30-27/h2-15,17,32H,16H2,1H3,(H,29,30,31). The first kappa shape index (κ1) is 20.5. The molecule has 0 aliphatic carbocycles. The number of aromatic nitrogens is 3. The lowest BCUT2D eigenvalue weighted by Crippen LogP contribution is -2.00. The van der Waals surface area contributed by atoms with Crippen LogP contribution in [-0.2, 0) is 6.61 Å². The number of benzene rings is 3. The van der Waals surface area contributed by atoms with Gasteiger partial charge >= 0.3 is 0 Å². The number of nitrogens with one attached hydrogen (secondary N) is 1. The van der Waals surface area contributed by atoms with E-state index in [9.17, 15) is 5.11 Å². The van der Waals surface area contributed by atoms with E-state index in [1.54, 1.807) is 18.3 Å². The first-order chi connectivity index (χ1) is 16.2. The number of aromatic hydroxyl groups is 1. The highest BCUT2D eigenvalue weighted by atomic mass is 16.5. The second-order valence-electron chi connectivity index (χ2n) is 7.65. The maximum absolute atomic E-state index is 10.4. The van der Waals surface area contributed by atoms with Crippen molar-refractivity contribution in [2.24, 2.45) is 0 Å². The average Bonchev–Trinajstić information content (AvgIpc) is 2.84. The van der Waals surface area contributed by atoms with E-state index in [1.807, 2.05) is 73.7 Å². The highest BCUT2D eigenvalue weighted by Gasteiger charge is 2.13. The molecule has 0 fully saturated rings. The number of para-hydroxylation sites is 1. The molecular formula is C27H22N4O2. The molecule has 0 aliphatic rings. The van der Waals surface area contributed by atoms with Crippen LogP contribution in [0.15, 0.2) is 91.4 Å². The second kappa shape index (κ2) is 8.96. The zero-order valence-electron chi connectivity index (χ0n) is 18.1. The second-order valence-corrected chi connectivity index (χ2v) is 7.65. The third-order valence-electron chi connectivity index (χ3n) is 5.40. The molecule has 0 saturated carbocycles. The highest BCUT2D eigenvalue weighted by Crippen LogP contribution is 2.37. The Morgan fingerprint density at radius 1 is 0.848 bits per heavy atom. The van der Waals surface area contributed by atoms with Crippen LogP contribution in [0.5, 0.6) is 11.5 Å².